The fraction of sp³-hybridized carbons (Fsp3) is 0.368. The molecule has 1 N–H and O–H groups in total. The van der Waals surface area contributed by atoms with Gasteiger partial charge in [0.05, 0.1) is 0 Å². The van der Waals surface area contributed by atoms with Gasteiger partial charge in [0, 0.05) is 42.6 Å². The van der Waals surface area contributed by atoms with Gasteiger partial charge in [-0.25, -0.2) is 0 Å². The monoisotopic (exact) mass is 358 g/mol. The molecule has 2 aromatic rings. The molecule has 1 fully saturated rings. The summed E-state index contributed by atoms with van der Waals surface area (Å²) in [5, 5.41) is 2.97. The lowest BCUT2D eigenvalue weighted by Gasteiger charge is -2.36. The highest BCUT2D eigenvalue weighted by Gasteiger charge is 2.34. The average molecular weight is 358 g/mol. The number of aryl methyl sites for hydroxylation is 1. The number of nitrogens with one attached hydrogen (secondary N) is 1. The minimum absolute atomic E-state index is 0.116. The summed E-state index contributed by atoms with van der Waals surface area (Å²) in [4.78, 5) is 25.8. The van der Waals surface area contributed by atoms with Gasteiger partial charge in [0.15, 0.2) is 0 Å². The molecular formula is C19H22N2O3S. The van der Waals surface area contributed by atoms with Crippen LogP contribution in [0.25, 0.3) is 0 Å². The number of hydrogen-bond donors (Lipinski definition) is 1. The van der Waals surface area contributed by atoms with Crippen molar-refractivity contribution in [3.63, 3.8) is 0 Å². The van der Waals surface area contributed by atoms with Gasteiger partial charge in [-0.05, 0) is 37.1 Å². The maximum absolute atomic E-state index is 12.5. The Bertz CT molecular complexity index is 783. The number of rotatable bonds is 5. The van der Waals surface area contributed by atoms with Gasteiger partial charge < -0.3 is 14.6 Å². The van der Waals surface area contributed by atoms with Crippen molar-refractivity contribution in [3.8, 4) is 0 Å². The van der Waals surface area contributed by atoms with Crippen molar-refractivity contribution in [2.24, 2.45) is 7.05 Å². The SMILES string of the molecule is Cn1cccc(C(=O)NCC2(Sc3ccccc3)CCOCC2)c1=O. The van der Waals surface area contributed by atoms with Gasteiger partial charge in [-0.2, -0.15) is 0 Å². The molecule has 1 saturated heterocycles. The summed E-state index contributed by atoms with van der Waals surface area (Å²) in [5.41, 5.74) is -0.103. The number of benzene rings is 1. The quantitative estimate of drug-likeness (QED) is 0.892. The molecule has 0 spiro atoms. The maximum Gasteiger partial charge on any atom is 0.263 e. The number of carbonyl (C=O) groups is 1. The van der Waals surface area contributed by atoms with E-state index in [1.54, 1.807) is 37.1 Å². The number of aromatic nitrogens is 1. The third kappa shape index (κ3) is 4.32. The number of ether oxygens (including phenoxy) is 1. The van der Waals surface area contributed by atoms with Gasteiger partial charge in [0.2, 0.25) is 0 Å². The topological polar surface area (TPSA) is 60.3 Å². The van der Waals surface area contributed by atoms with Crippen molar-refractivity contribution in [1.29, 1.82) is 0 Å². The molecule has 1 aliphatic heterocycles. The van der Waals surface area contributed by atoms with Crippen LogP contribution in [0.3, 0.4) is 0 Å². The summed E-state index contributed by atoms with van der Waals surface area (Å²) in [6, 6.07) is 13.5. The number of thioether (sulfide) groups is 1. The van der Waals surface area contributed by atoms with Crippen LogP contribution in [0.5, 0.6) is 0 Å². The van der Waals surface area contributed by atoms with Crippen LogP contribution in [0.1, 0.15) is 23.2 Å². The molecule has 1 aromatic heterocycles. The van der Waals surface area contributed by atoms with Crippen molar-refractivity contribution in [2.45, 2.75) is 22.5 Å². The van der Waals surface area contributed by atoms with Gasteiger partial charge >= 0.3 is 0 Å². The molecule has 0 unspecified atom stereocenters. The molecule has 1 aliphatic rings. The first kappa shape index (κ1) is 17.8. The normalized spacial score (nSPS) is 16.4. The molecule has 0 radical (unpaired) electrons. The first-order valence-corrected chi connectivity index (χ1v) is 9.17. The third-order valence-corrected chi connectivity index (χ3v) is 5.91. The van der Waals surface area contributed by atoms with Crippen LogP contribution in [-0.4, -0.2) is 35.0 Å². The lowest BCUT2D eigenvalue weighted by atomic mass is 9.99. The van der Waals surface area contributed by atoms with Crippen LogP contribution in [0.4, 0.5) is 0 Å². The van der Waals surface area contributed by atoms with Gasteiger partial charge in [0.25, 0.3) is 11.5 Å². The predicted octanol–water partition coefficient (Wildman–Crippen LogP) is 2.46. The Morgan fingerprint density at radius 1 is 1.20 bits per heavy atom. The van der Waals surface area contributed by atoms with E-state index in [4.69, 9.17) is 4.74 Å². The van der Waals surface area contributed by atoms with Crippen molar-refractivity contribution in [1.82, 2.24) is 9.88 Å². The van der Waals surface area contributed by atoms with E-state index in [-0.39, 0.29) is 21.8 Å². The largest absolute Gasteiger partial charge is 0.381 e. The second kappa shape index (κ2) is 7.89. The van der Waals surface area contributed by atoms with Crippen LogP contribution in [0.15, 0.2) is 58.4 Å². The molecular weight excluding hydrogens is 336 g/mol. The highest BCUT2D eigenvalue weighted by atomic mass is 32.2. The van der Waals surface area contributed by atoms with Crippen molar-refractivity contribution >= 4 is 17.7 Å². The van der Waals surface area contributed by atoms with Crippen molar-refractivity contribution in [3.05, 3.63) is 64.6 Å². The minimum atomic E-state index is -0.319. The van der Waals surface area contributed by atoms with Crippen LogP contribution in [0, 0.1) is 0 Å². The Morgan fingerprint density at radius 3 is 2.64 bits per heavy atom. The number of pyridine rings is 1. The molecule has 5 nitrogen and oxygen atoms in total. The van der Waals surface area contributed by atoms with Gasteiger partial charge in [0.1, 0.15) is 5.56 Å². The van der Waals surface area contributed by atoms with E-state index in [1.165, 1.54) is 9.46 Å². The van der Waals surface area contributed by atoms with E-state index in [0.717, 1.165) is 12.8 Å². The molecule has 25 heavy (non-hydrogen) atoms. The summed E-state index contributed by atoms with van der Waals surface area (Å²) in [7, 11) is 1.64. The minimum Gasteiger partial charge on any atom is -0.381 e. The summed E-state index contributed by atoms with van der Waals surface area (Å²) < 4.78 is 6.81. The van der Waals surface area contributed by atoms with E-state index in [9.17, 15) is 9.59 Å². The van der Waals surface area contributed by atoms with E-state index < -0.39 is 0 Å². The Hall–Kier alpha value is -2.05. The van der Waals surface area contributed by atoms with Gasteiger partial charge in [-0.15, -0.1) is 11.8 Å². The second-order valence-corrected chi connectivity index (χ2v) is 7.77. The average Bonchev–Trinajstić information content (AvgIpc) is 2.64. The molecule has 0 aliphatic carbocycles. The zero-order chi connectivity index (χ0) is 17.7. The van der Waals surface area contributed by atoms with Crippen LogP contribution >= 0.6 is 11.8 Å². The zero-order valence-electron chi connectivity index (χ0n) is 14.2. The molecule has 1 aromatic carbocycles. The molecule has 3 rings (SSSR count). The Morgan fingerprint density at radius 2 is 1.92 bits per heavy atom. The Labute approximate surface area is 151 Å². The summed E-state index contributed by atoms with van der Waals surface area (Å²) in [6.45, 7) is 1.87. The highest BCUT2D eigenvalue weighted by molar-refractivity contribution is 8.00. The maximum atomic E-state index is 12.5. The Kier molecular flexibility index (Phi) is 5.60. The summed E-state index contributed by atoms with van der Waals surface area (Å²) in [5.74, 6) is -0.319. The fourth-order valence-corrected chi connectivity index (χ4v) is 4.21. The molecule has 0 atom stereocenters. The molecule has 132 valence electrons. The molecule has 1 amide bonds. The van der Waals surface area contributed by atoms with Gasteiger partial charge in [-0.3, -0.25) is 9.59 Å². The highest BCUT2D eigenvalue weighted by Crippen LogP contribution is 2.40. The third-order valence-electron chi connectivity index (χ3n) is 4.42. The van der Waals surface area contributed by atoms with Crippen molar-refractivity contribution < 1.29 is 9.53 Å². The molecule has 2 heterocycles. The zero-order valence-corrected chi connectivity index (χ0v) is 15.1. The standard InChI is InChI=1S/C19H22N2O3S/c1-21-11-5-8-16(18(21)23)17(22)20-14-19(9-12-24-13-10-19)25-15-6-3-2-4-7-15/h2-8,11H,9-10,12-14H2,1H3,(H,20,22). The molecule has 6 heteroatoms. The van der Waals surface area contributed by atoms with Gasteiger partial charge in [-0.1, -0.05) is 18.2 Å². The number of nitrogens with zero attached hydrogens (tertiary/aromatic N) is 1. The molecule has 0 saturated carbocycles. The van der Waals surface area contributed by atoms with Crippen molar-refractivity contribution in [2.75, 3.05) is 19.8 Å². The smallest absolute Gasteiger partial charge is 0.263 e. The lowest BCUT2D eigenvalue weighted by Crippen LogP contribution is -2.45. The number of carbonyl (C=O) groups excluding carboxylic acids is 1. The number of amides is 1. The van der Waals surface area contributed by atoms with E-state index >= 15 is 0 Å². The van der Waals surface area contributed by atoms with E-state index in [1.807, 2.05) is 18.2 Å². The van der Waals surface area contributed by atoms with Crippen LogP contribution in [-0.2, 0) is 11.8 Å². The summed E-state index contributed by atoms with van der Waals surface area (Å²) in [6.07, 6.45) is 3.36. The first-order valence-electron chi connectivity index (χ1n) is 8.35. The predicted molar refractivity (Wildman–Crippen MR) is 99.1 cm³/mol. The van der Waals surface area contributed by atoms with E-state index in [0.29, 0.717) is 19.8 Å². The molecule has 0 bridgehead atoms. The fourth-order valence-electron chi connectivity index (χ4n) is 2.90. The summed E-state index contributed by atoms with van der Waals surface area (Å²) >= 11 is 1.78. The van der Waals surface area contributed by atoms with Crippen LogP contribution in [0.2, 0.25) is 0 Å². The van der Waals surface area contributed by atoms with E-state index in [2.05, 4.69) is 17.4 Å². The second-order valence-electron chi connectivity index (χ2n) is 6.23. The lowest BCUT2D eigenvalue weighted by molar-refractivity contribution is 0.0740. The number of hydrogen-bond acceptors (Lipinski definition) is 4. The first-order chi connectivity index (χ1) is 12.1. The van der Waals surface area contributed by atoms with Crippen LogP contribution < -0.4 is 10.9 Å². The Balaban J connectivity index is 1.73.